The molecule has 2 atom stereocenters. The van der Waals surface area contributed by atoms with Crippen molar-refractivity contribution in [1.82, 2.24) is 5.32 Å². The first-order valence-corrected chi connectivity index (χ1v) is 5.92. The largest absolute Gasteiger partial charge is 0.481 e. The molecule has 0 spiro atoms. The van der Waals surface area contributed by atoms with Crippen LogP contribution in [0.15, 0.2) is 0 Å². The lowest BCUT2D eigenvalue weighted by atomic mass is 9.87. The van der Waals surface area contributed by atoms with E-state index in [1.54, 1.807) is 6.92 Å². The van der Waals surface area contributed by atoms with Crippen molar-refractivity contribution in [3.8, 4) is 0 Å². The van der Waals surface area contributed by atoms with Crippen molar-refractivity contribution in [2.75, 3.05) is 6.54 Å². The van der Waals surface area contributed by atoms with E-state index in [9.17, 15) is 9.59 Å². The van der Waals surface area contributed by atoms with Crippen LogP contribution < -0.4 is 11.1 Å². The third-order valence-corrected chi connectivity index (χ3v) is 2.75. The summed E-state index contributed by atoms with van der Waals surface area (Å²) in [6.07, 6.45) is 1.20. The zero-order valence-corrected chi connectivity index (χ0v) is 11.1. The van der Waals surface area contributed by atoms with Gasteiger partial charge < -0.3 is 16.2 Å². The zero-order chi connectivity index (χ0) is 13.6. The maximum absolute atomic E-state index is 11.6. The minimum absolute atomic E-state index is 0.180. The van der Waals surface area contributed by atoms with Gasteiger partial charge in [0, 0.05) is 6.54 Å². The maximum Gasteiger partial charge on any atom is 0.306 e. The summed E-state index contributed by atoms with van der Waals surface area (Å²) in [7, 11) is 0. The number of carbonyl (C=O) groups is 2. The van der Waals surface area contributed by atoms with Gasteiger partial charge in [0.05, 0.1) is 12.0 Å². The number of nitrogens with one attached hydrogen (secondary N) is 1. The molecule has 0 radical (unpaired) electrons. The van der Waals surface area contributed by atoms with Gasteiger partial charge >= 0.3 is 5.97 Å². The first kappa shape index (κ1) is 15.9. The molecule has 5 nitrogen and oxygen atoms in total. The molecule has 1 amide bonds. The molecule has 0 saturated carbocycles. The van der Waals surface area contributed by atoms with Crippen LogP contribution >= 0.6 is 0 Å². The molecule has 0 heterocycles. The second-order valence-electron chi connectivity index (χ2n) is 5.52. The summed E-state index contributed by atoms with van der Waals surface area (Å²) in [6, 6.07) is -0.542. The van der Waals surface area contributed by atoms with Gasteiger partial charge in [0.15, 0.2) is 0 Å². The fraction of sp³-hybridized carbons (Fsp3) is 0.833. The molecule has 0 aliphatic carbocycles. The Morgan fingerprint density at radius 3 is 2.29 bits per heavy atom. The molecule has 0 aromatic rings. The Bertz CT molecular complexity index is 271. The van der Waals surface area contributed by atoms with Crippen LogP contribution in [0.5, 0.6) is 0 Å². The van der Waals surface area contributed by atoms with Gasteiger partial charge in [-0.1, -0.05) is 27.7 Å². The topological polar surface area (TPSA) is 92.4 Å². The van der Waals surface area contributed by atoms with E-state index in [0.29, 0.717) is 19.4 Å². The molecule has 0 aliphatic heterocycles. The highest BCUT2D eigenvalue weighted by molar-refractivity contribution is 5.82. The smallest absolute Gasteiger partial charge is 0.306 e. The first-order valence-electron chi connectivity index (χ1n) is 5.92. The van der Waals surface area contributed by atoms with E-state index in [0.717, 1.165) is 0 Å². The molecule has 17 heavy (non-hydrogen) atoms. The van der Waals surface area contributed by atoms with Crippen molar-refractivity contribution in [1.29, 1.82) is 0 Å². The quantitative estimate of drug-likeness (QED) is 0.607. The van der Waals surface area contributed by atoms with Crippen molar-refractivity contribution >= 4 is 11.9 Å². The minimum Gasteiger partial charge on any atom is -0.481 e. The normalized spacial score (nSPS) is 15.1. The van der Waals surface area contributed by atoms with Gasteiger partial charge in [0.2, 0.25) is 5.91 Å². The van der Waals surface area contributed by atoms with E-state index in [1.165, 1.54) is 0 Å². The number of nitrogens with two attached hydrogens (primary N) is 1. The standard InChI is InChI=1S/C12H24N2O3/c1-8(11(16)17)6-5-7-14-10(15)9(13)12(2,3)4/h8-9H,5-7,13H2,1-4H3,(H,14,15)(H,16,17)/t8?,9-/m1/s1. The molecule has 0 aromatic carbocycles. The molecule has 0 fully saturated rings. The lowest BCUT2D eigenvalue weighted by Gasteiger charge is -2.25. The van der Waals surface area contributed by atoms with Gasteiger partial charge in [-0.2, -0.15) is 0 Å². The van der Waals surface area contributed by atoms with E-state index >= 15 is 0 Å². The van der Waals surface area contributed by atoms with Crippen LogP contribution in [-0.2, 0) is 9.59 Å². The van der Waals surface area contributed by atoms with Crippen LogP contribution in [0.2, 0.25) is 0 Å². The van der Waals surface area contributed by atoms with Crippen LogP contribution in [-0.4, -0.2) is 29.6 Å². The first-order chi connectivity index (χ1) is 7.66. The van der Waals surface area contributed by atoms with Crippen molar-refractivity contribution in [2.45, 2.75) is 46.6 Å². The third-order valence-electron chi connectivity index (χ3n) is 2.75. The Kier molecular flexibility index (Phi) is 6.16. The second-order valence-corrected chi connectivity index (χ2v) is 5.52. The van der Waals surface area contributed by atoms with Gasteiger partial charge in [0.1, 0.15) is 0 Å². The molecule has 100 valence electrons. The summed E-state index contributed by atoms with van der Waals surface area (Å²) < 4.78 is 0. The van der Waals surface area contributed by atoms with Crippen LogP contribution in [0.4, 0.5) is 0 Å². The average Bonchev–Trinajstić information content (AvgIpc) is 2.20. The van der Waals surface area contributed by atoms with Gasteiger partial charge in [-0.15, -0.1) is 0 Å². The monoisotopic (exact) mass is 244 g/mol. The van der Waals surface area contributed by atoms with Crippen molar-refractivity contribution in [3.05, 3.63) is 0 Å². The molecule has 0 bridgehead atoms. The number of rotatable bonds is 6. The molecule has 0 rings (SSSR count). The lowest BCUT2D eigenvalue weighted by molar-refractivity contribution is -0.141. The van der Waals surface area contributed by atoms with Crippen LogP contribution in [0.25, 0.3) is 0 Å². The fourth-order valence-electron chi connectivity index (χ4n) is 1.25. The van der Waals surface area contributed by atoms with Crippen molar-refractivity contribution in [2.24, 2.45) is 17.1 Å². The zero-order valence-electron chi connectivity index (χ0n) is 11.1. The molecule has 4 N–H and O–H groups in total. The van der Waals surface area contributed by atoms with Gasteiger partial charge in [0.25, 0.3) is 0 Å². The van der Waals surface area contributed by atoms with Crippen LogP contribution in [0, 0.1) is 11.3 Å². The number of carbonyl (C=O) groups excluding carboxylic acids is 1. The van der Waals surface area contributed by atoms with E-state index in [4.69, 9.17) is 10.8 Å². The highest BCUT2D eigenvalue weighted by atomic mass is 16.4. The average molecular weight is 244 g/mol. The Hall–Kier alpha value is -1.10. The molecule has 1 unspecified atom stereocenters. The molecular weight excluding hydrogens is 220 g/mol. The summed E-state index contributed by atoms with van der Waals surface area (Å²) in [5, 5.41) is 11.4. The summed E-state index contributed by atoms with van der Waals surface area (Å²) in [5.74, 6) is -1.36. The Morgan fingerprint density at radius 2 is 1.88 bits per heavy atom. The SMILES string of the molecule is CC(CCCNC(=O)[C@@H](N)C(C)(C)C)C(=O)O. The van der Waals surface area contributed by atoms with Crippen molar-refractivity contribution in [3.63, 3.8) is 0 Å². The van der Waals surface area contributed by atoms with E-state index in [-0.39, 0.29) is 17.2 Å². The molecule has 0 saturated heterocycles. The van der Waals surface area contributed by atoms with Gasteiger partial charge in [-0.25, -0.2) is 0 Å². The fourth-order valence-corrected chi connectivity index (χ4v) is 1.25. The molecule has 0 aliphatic rings. The lowest BCUT2D eigenvalue weighted by Crippen LogP contribution is -2.48. The van der Waals surface area contributed by atoms with Crippen LogP contribution in [0.3, 0.4) is 0 Å². The number of carboxylic acids is 1. The maximum atomic E-state index is 11.6. The summed E-state index contributed by atoms with van der Waals surface area (Å²) in [6.45, 7) is 7.85. The molecular formula is C12H24N2O3. The summed E-state index contributed by atoms with van der Waals surface area (Å²) >= 11 is 0. The summed E-state index contributed by atoms with van der Waals surface area (Å²) in [5.41, 5.74) is 5.51. The van der Waals surface area contributed by atoms with Gasteiger partial charge in [-0.05, 0) is 18.3 Å². The number of hydrogen-bond donors (Lipinski definition) is 3. The number of carboxylic acid groups (broad SMARTS) is 1. The van der Waals surface area contributed by atoms with E-state index < -0.39 is 12.0 Å². The second kappa shape index (κ2) is 6.59. The Labute approximate surface area is 103 Å². The predicted molar refractivity (Wildman–Crippen MR) is 66.5 cm³/mol. The summed E-state index contributed by atoms with van der Waals surface area (Å²) in [4.78, 5) is 22.2. The van der Waals surface area contributed by atoms with E-state index in [1.807, 2.05) is 20.8 Å². The number of aliphatic carboxylic acids is 1. The minimum atomic E-state index is -0.803. The predicted octanol–water partition coefficient (Wildman–Crippen LogP) is 0.977. The van der Waals surface area contributed by atoms with Crippen LogP contribution in [0.1, 0.15) is 40.5 Å². The molecule has 5 heteroatoms. The number of amides is 1. The molecule has 0 aromatic heterocycles. The van der Waals surface area contributed by atoms with Gasteiger partial charge in [-0.3, -0.25) is 9.59 Å². The Morgan fingerprint density at radius 1 is 1.35 bits per heavy atom. The number of hydrogen-bond acceptors (Lipinski definition) is 3. The van der Waals surface area contributed by atoms with E-state index in [2.05, 4.69) is 5.32 Å². The Balaban J connectivity index is 3.84. The highest BCUT2D eigenvalue weighted by Gasteiger charge is 2.26. The third kappa shape index (κ3) is 6.26. The van der Waals surface area contributed by atoms with Crippen molar-refractivity contribution < 1.29 is 14.7 Å². The highest BCUT2D eigenvalue weighted by Crippen LogP contribution is 2.17.